The lowest BCUT2D eigenvalue weighted by Crippen LogP contribution is -2.16. The van der Waals surface area contributed by atoms with E-state index < -0.39 is 0 Å². The first-order valence-corrected chi connectivity index (χ1v) is 6.74. The van der Waals surface area contributed by atoms with E-state index in [9.17, 15) is 0 Å². The molecule has 104 valence electrons. The Bertz CT molecular complexity index is 740. The summed E-state index contributed by atoms with van der Waals surface area (Å²) < 4.78 is 7.50. The monoisotopic (exact) mass is 290 g/mol. The Morgan fingerprint density at radius 1 is 1.30 bits per heavy atom. The minimum atomic E-state index is 0.0758. The maximum absolute atomic E-state index is 6.12. The lowest BCUT2D eigenvalue weighted by atomic mass is 9.97. The molecule has 0 radical (unpaired) electrons. The van der Waals surface area contributed by atoms with E-state index in [4.69, 9.17) is 16.0 Å². The maximum Gasteiger partial charge on any atom is 0.178 e. The van der Waals surface area contributed by atoms with E-state index in [1.807, 2.05) is 16.7 Å². The number of imidazole rings is 1. The zero-order valence-electron chi connectivity index (χ0n) is 11.6. The number of fused-ring (bicyclic) bond motifs is 1. The van der Waals surface area contributed by atoms with Gasteiger partial charge in [-0.1, -0.05) is 32.4 Å². The van der Waals surface area contributed by atoms with Crippen LogP contribution in [0.3, 0.4) is 0 Å². The Labute approximate surface area is 121 Å². The van der Waals surface area contributed by atoms with E-state index in [2.05, 4.69) is 35.7 Å². The second-order valence-electron chi connectivity index (χ2n) is 5.90. The number of halogens is 1. The zero-order valence-corrected chi connectivity index (χ0v) is 12.3. The molecule has 0 saturated carbocycles. The van der Waals surface area contributed by atoms with Crippen LogP contribution in [0.1, 0.15) is 20.8 Å². The third kappa shape index (κ3) is 2.29. The van der Waals surface area contributed by atoms with Crippen molar-refractivity contribution in [2.24, 2.45) is 5.41 Å². The van der Waals surface area contributed by atoms with Crippen molar-refractivity contribution in [1.82, 2.24) is 19.5 Å². The molecule has 0 N–H and O–H groups in total. The molecule has 0 spiro atoms. The molecule has 0 aliphatic carbocycles. The summed E-state index contributed by atoms with van der Waals surface area (Å²) in [4.78, 5) is 12.9. The lowest BCUT2D eigenvalue weighted by molar-refractivity contribution is 0.348. The minimum Gasteiger partial charge on any atom is -0.461 e. The SMILES string of the molecule is CC(C)(C)Cn1c(-c2ccco2)nc2c(Cl)ncnc21. The average Bonchev–Trinajstić information content (AvgIpc) is 2.96. The molecule has 3 heterocycles. The fourth-order valence-corrected chi connectivity index (χ4v) is 2.30. The maximum atomic E-state index is 6.12. The van der Waals surface area contributed by atoms with Crippen molar-refractivity contribution < 1.29 is 4.42 Å². The number of furan rings is 1. The summed E-state index contributed by atoms with van der Waals surface area (Å²) in [6.07, 6.45) is 3.08. The topological polar surface area (TPSA) is 56.7 Å². The molecule has 0 amide bonds. The molecule has 0 aliphatic rings. The molecular formula is C14H15ClN4O. The summed E-state index contributed by atoms with van der Waals surface area (Å²) in [6.45, 7) is 7.24. The molecule has 6 heteroatoms. The number of hydrogen-bond donors (Lipinski definition) is 0. The molecule has 3 aromatic rings. The quantitative estimate of drug-likeness (QED) is 0.674. The summed E-state index contributed by atoms with van der Waals surface area (Å²) in [7, 11) is 0. The molecular weight excluding hydrogens is 276 g/mol. The predicted octanol–water partition coefficient (Wildman–Crippen LogP) is 3.79. The van der Waals surface area contributed by atoms with E-state index in [-0.39, 0.29) is 5.41 Å². The second-order valence-corrected chi connectivity index (χ2v) is 6.25. The molecule has 20 heavy (non-hydrogen) atoms. The van der Waals surface area contributed by atoms with Crippen molar-refractivity contribution in [2.75, 3.05) is 0 Å². The van der Waals surface area contributed by atoms with Crippen LogP contribution < -0.4 is 0 Å². The van der Waals surface area contributed by atoms with Gasteiger partial charge in [-0.3, -0.25) is 0 Å². The first-order chi connectivity index (χ1) is 9.46. The van der Waals surface area contributed by atoms with Gasteiger partial charge in [-0.15, -0.1) is 0 Å². The molecule has 5 nitrogen and oxygen atoms in total. The molecule has 0 fully saturated rings. The highest BCUT2D eigenvalue weighted by molar-refractivity contribution is 6.33. The van der Waals surface area contributed by atoms with Gasteiger partial charge >= 0.3 is 0 Å². The summed E-state index contributed by atoms with van der Waals surface area (Å²) in [5.74, 6) is 1.42. The molecule has 0 bridgehead atoms. The first kappa shape index (κ1) is 13.1. The van der Waals surface area contributed by atoms with Crippen LogP contribution in [0.4, 0.5) is 0 Å². The third-order valence-electron chi connectivity index (χ3n) is 2.86. The number of aromatic nitrogens is 4. The number of nitrogens with zero attached hydrogens (tertiary/aromatic N) is 4. The van der Waals surface area contributed by atoms with Gasteiger partial charge in [0.25, 0.3) is 0 Å². The average molecular weight is 291 g/mol. The van der Waals surface area contributed by atoms with Crippen LogP contribution in [0, 0.1) is 5.41 Å². The number of rotatable bonds is 2. The molecule has 0 saturated heterocycles. The smallest absolute Gasteiger partial charge is 0.178 e. The van der Waals surface area contributed by atoms with E-state index in [0.717, 1.165) is 18.0 Å². The Morgan fingerprint density at radius 3 is 2.75 bits per heavy atom. The van der Waals surface area contributed by atoms with Crippen molar-refractivity contribution in [1.29, 1.82) is 0 Å². The van der Waals surface area contributed by atoms with E-state index in [0.29, 0.717) is 16.4 Å². The fourth-order valence-electron chi connectivity index (χ4n) is 2.13. The van der Waals surface area contributed by atoms with Crippen molar-refractivity contribution in [3.05, 3.63) is 29.9 Å². The molecule has 0 aliphatic heterocycles. The van der Waals surface area contributed by atoms with Gasteiger partial charge in [0.2, 0.25) is 0 Å². The van der Waals surface area contributed by atoms with Gasteiger partial charge in [-0.25, -0.2) is 15.0 Å². The van der Waals surface area contributed by atoms with Gasteiger partial charge in [-0.05, 0) is 17.5 Å². The fraction of sp³-hybridized carbons (Fsp3) is 0.357. The predicted molar refractivity (Wildman–Crippen MR) is 77.5 cm³/mol. The van der Waals surface area contributed by atoms with Gasteiger partial charge in [0, 0.05) is 6.54 Å². The van der Waals surface area contributed by atoms with Crippen LogP contribution >= 0.6 is 11.6 Å². The third-order valence-corrected chi connectivity index (χ3v) is 3.14. The minimum absolute atomic E-state index is 0.0758. The Balaban J connectivity index is 2.27. The van der Waals surface area contributed by atoms with Gasteiger partial charge in [-0.2, -0.15) is 0 Å². The summed E-state index contributed by atoms with van der Waals surface area (Å²) >= 11 is 6.12. The highest BCUT2D eigenvalue weighted by atomic mass is 35.5. The largest absolute Gasteiger partial charge is 0.461 e. The molecule has 3 rings (SSSR count). The van der Waals surface area contributed by atoms with Gasteiger partial charge in [0.05, 0.1) is 6.26 Å². The van der Waals surface area contributed by atoms with Crippen molar-refractivity contribution in [2.45, 2.75) is 27.3 Å². The van der Waals surface area contributed by atoms with Gasteiger partial charge in [0.1, 0.15) is 11.8 Å². The van der Waals surface area contributed by atoms with Crippen LogP contribution in [0.2, 0.25) is 5.15 Å². The normalized spacial score (nSPS) is 12.2. The van der Waals surface area contributed by atoms with Crippen LogP contribution in [-0.2, 0) is 6.54 Å². The highest BCUT2D eigenvalue weighted by Crippen LogP contribution is 2.30. The van der Waals surface area contributed by atoms with E-state index in [1.54, 1.807) is 6.26 Å². The lowest BCUT2D eigenvalue weighted by Gasteiger charge is -2.20. The van der Waals surface area contributed by atoms with Gasteiger partial charge in [0.15, 0.2) is 22.4 Å². The van der Waals surface area contributed by atoms with Crippen LogP contribution in [0.15, 0.2) is 29.1 Å². The molecule has 3 aromatic heterocycles. The Hall–Kier alpha value is -1.88. The van der Waals surface area contributed by atoms with Crippen LogP contribution in [0.5, 0.6) is 0 Å². The van der Waals surface area contributed by atoms with Crippen LogP contribution in [0.25, 0.3) is 22.7 Å². The van der Waals surface area contributed by atoms with Gasteiger partial charge < -0.3 is 8.98 Å². The number of hydrogen-bond acceptors (Lipinski definition) is 4. The zero-order chi connectivity index (χ0) is 14.3. The summed E-state index contributed by atoms with van der Waals surface area (Å²) in [5.41, 5.74) is 1.41. The van der Waals surface area contributed by atoms with Crippen LogP contribution in [-0.4, -0.2) is 19.5 Å². The molecule has 0 unspecified atom stereocenters. The highest BCUT2D eigenvalue weighted by Gasteiger charge is 2.22. The molecule has 0 aromatic carbocycles. The Kier molecular flexibility index (Phi) is 3.01. The summed E-state index contributed by atoms with van der Waals surface area (Å²) in [6, 6.07) is 3.71. The van der Waals surface area contributed by atoms with Crippen molar-refractivity contribution in [3.8, 4) is 11.6 Å². The first-order valence-electron chi connectivity index (χ1n) is 6.36. The summed E-state index contributed by atoms with van der Waals surface area (Å²) in [5, 5.41) is 0.357. The second kappa shape index (κ2) is 4.59. The van der Waals surface area contributed by atoms with Crippen molar-refractivity contribution >= 4 is 22.8 Å². The Morgan fingerprint density at radius 2 is 2.10 bits per heavy atom. The van der Waals surface area contributed by atoms with E-state index in [1.165, 1.54) is 6.33 Å². The molecule has 0 atom stereocenters. The van der Waals surface area contributed by atoms with E-state index >= 15 is 0 Å². The van der Waals surface area contributed by atoms with Crippen molar-refractivity contribution in [3.63, 3.8) is 0 Å². The standard InChI is InChI=1S/C14H15ClN4O/c1-14(2,3)7-19-12(9-5-4-6-20-9)18-10-11(15)16-8-17-13(10)19/h4-6,8H,7H2,1-3H3.